The van der Waals surface area contributed by atoms with E-state index in [0.29, 0.717) is 22.1 Å². The second-order valence-corrected chi connectivity index (χ2v) is 10.3. The van der Waals surface area contributed by atoms with Crippen LogP contribution in [0.2, 0.25) is 0 Å². The number of hydrogen-bond acceptors (Lipinski definition) is 6. The summed E-state index contributed by atoms with van der Waals surface area (Å²) >= 11 is 1.51. The second-order valence-electron chi connectivity index (χ2n) is 7.20. The number of nitrogens with zero attached hydrogens (tertiary/aromatic N) is 1. The van der Waals surface area contributed by atoms with Crippen LogP contribution >= 0.6 is 11.8 Å². The number of nitrogens with one attached hydrogen (secondary N) is 1. The molecule has 0 radical (unpaired) electrons. The van der Waals surface area contributed by atoms with Crippen molar-refractivity contribution >= 4 is 38.7 Å². The fourth-order valence-electron chi connectivity index (χ4n) is 3.11. The van der Waals surface area contributed by atoms with Gasteiger partial charge in [0.1, 0.15) is 5.75 Å². The molecule has 1 N–H and O–H groups in total. The lowest BCUT2D eigenvalue weighted by Crippen LogP contribution is -2.27. The van der Waals surface area contributed by atoms with Gasteiger partial charge in [0.15, 0.2) is 15.0 Å². The summed E-state index contributed by atoms with van der Waals surface area (Å²) in [5, 5.41) is 3.46. The number of carbonyl (C=O) groups excluding carboxylic acids is 1. The molecular weight excluding hydrogens is 432 g/mol. The van der Waals surface area contributed by atoms with E-state index in [1.54, 1.807) is 44.4 Å². The number of rotatable bonds is 7. The summed E-state index contributed by atoms with van der Waals surface area (Å²) < 4.78 is 29.4. The molecule has 2 aromatic rings. The Kier molecular flexibility index (Phi) is 7.56. The van der Waals surface area contributed by atoms with Crippen LogP contribution in [0.5, 0.6) is 5.75 Å². The Hall–Kier alpha value is -2.58. The van der Waals surface area contributed by atoms with Crippen LogP contribution in [0.1, 0.15) is 37.4 Å². The van der Waals surface area contributed by atoms with Crippen molar-refractivity contribution in [3.63, 3.8) is 0 Å². The third kappa shape index (κ3) is 5.98. The van der Waals surface area contributed by atoms with Crippen molar-refractivity contribution in [1.29, 1.82) is 0 Å². The van der Waals surface area contributed by atoms with Gasteiger partial charge in [-0.05, 0) is 54.8 Å². The molecule has 0 saturated heterocycles. The summed E-state index contributed by atoms with van der Waals surface area (Å²) in [6.45, 7) is 3.56. The molecule has 164 valence electrons. The van der Waals surface area contributed by atoms with E-state index in [1.807, 2.05) is 31.2 Å². The third-order valence-corrected chi connectivity index (χ3v) is 7.72. The molecule has 31 heavy (non-hydrogen) atoms. The fraction of sp³-hybridized carbons (Fsp3) is 0.304. The molecular formula is C23H26N2O4S2. The Balaban J connectivity index is 1.64. The molecule has 2 aromatic carbocycles. The van der Waals surface area contributed by atoms with Gasteiger partial charge in [-0.15, -0.1) is 0 Å². The number of sulfone groups is 1. The molecule has 0 bridgehead atoms. The summed E-state index contributed by atoms with van der Waals surface area (Å²) in [4.78, 5) is 17.5. The van der Waals surface area contributed by atoms with Crippen LogP contribution in [0, 0.1) is 0 Å². The van der Waals surface area contributed by atoms with Gasteiger partial charge in [0.25, 0.3) is 5.91 Å². The Labute approximate surface area is 187 Å². The molecule has 1 aliphatic rings. The average Bonchev–Trinajstić information content (AvgIpc) is 3.22. The zero-order valence-corrected chi connectivity index (χ0v) is 19.4. The second kappa shape index (κ2) is 10.2. The smallest absolute Gasteiger partial charge is 0.252 e. The first-order valence-corrected chi connectivity index (χ1v) is 12.6. The van der Waals surface area contributed by atoms with E-state index in [9.17, 15) is 13.2 Å². The minimum atomic E-state index is -3.25. The molecule has 0 fully saturated rings. The lowest BCUT2D eigenvalue weighted by atomic mass is 10.1. The molecule has 0 saturated carbocycles. The van der Waals surface area contributed by atoms with Gasteiger partial charge in [-0.25, -0.2) is 8.42 Å². The maximum Gasteiger partial charge on any atom is 0.252 e. The van der Waals surface area contributed by atoms with Gasteiger partial charge in [0.2, 0.25) is 0 Å². The van der Waals surface area contributed by atoms with Crippen LogP contribution in [0.3, 0.4) is 0 Å². The average molecular weight is 459 g/mol. The topological polar surface area (TPSA) is 84.8 Å². The van der Waals surface area contributed by atoms with E-state index in [-0.39, 0.29) is 17.7 Å². The largest absolute Gasteiger partial charge is 0.497 e. The van der Waals surface area contributed by atoms with Crippen molar-refractivity contribution in [2.45, 2.75) is 31.2 Å². The van der Waals surface area contributed by atoms with E-state index >= 15 is 0 Å². The van der Waals surface area contributed by atoms with Gasteiger partial charge in [-0.2, -0.15) is 0 Å². The highest BCUT2D eigenvalue weighted by Crippen LogP contribution is 2.30. The van der Waals surface area contributed by atoms with Crippen LogP contribution in [0.15, 0.2) is 64.0 Å². The zero-order valence-electron chi connectivity index (χ0n) is 17.8. The lowest BCUT2D eigenvalue weighted by molar-refractivity contribution is -0.116. The standard InChI is InChI=1S/C23H26N2O4S2/c1-4-13-31(27,28)20-11-5-17(6-12-20)14-16(2)22(26)25-23-24-21(15-30-23)18-7-9-19(29-3)10-8-18/h5-12,14,21H,4,13,15H2,1-3H3,(H,24,25,26)/b16-14+. The summed E-state index contributed by atoms with van der Waals surface area (Å²) in [6.07, 6.45) is 2.30. The van der Waals surface area contributed by atoms with Crippen molar-refractivity contribution in [2.24, 2.45) is 4.99 Å². The van der Waals surface area contributed by atoms with Gasteiger partial charge < -0.3 is 10.1 Å². The third-order valence-electron chi connectivity index (χ3n) is 4.83. The maximum atomic E-state index is 12.6. The monoisotopic (exact) mass is 458 g/mol. The molecule has 8 heteroatoms. The van der Waals surface area contributed by atoms with Gasteiger partial charge in [0.05, 0.1) is 23.8 Å². The number of amidine groups is 1. The molecule has 0 spiro atoms. The number of hydrogen-bond donors (Lipinski definition) is 1. The molecule has 1 aliphatic heterocycles. The van der Waals surface area contributed by atoms with Crippen LogP contribution in [-0.4, -0.2) is 38.1 Å². The lowest BCUT2D eigenvalue weighted by Gasteiger charge is -2.07. The molecule has 1 heterocycles. The van der Waals surface area contributed by atoms with Gasteiger partial charge in [-0.3, -0.25) is 9.79 Å². The molecule has 6 nitrogen and oxygen atoms in total. The van der Waals surface area contributed by atoms with Gasteiger partial charge in [0, 0.05) is 11.3 Å². The number of ether oxygens (including phenoxy) is 1. The van der Waals surface area contributed by atoms with Crippen molar-refractivity contribution < 1.29 is 17.9 Å². The van der Waals surface area contributed by atoms with Crippen LogP contribution in [0.25, 0.3) is 6.08 Å². The van der Waals surface area contributed by atoms with Crippen molar-refractivity contribution in [3.8, 4) is 5.75 Å². The number of carbonyl (C=O) groups is 1. The predicted octanol–water partition coefficient (Wildman–Crippen LogP) is 4.24. The quantitative estimate of drug-likeness (QED) is 0.627. The Morgan fingerprint density at radius 2 is 1.87 bits per heavy atom. The Morgan fingerprint density at radius 3 is 2.48 bits per heavy atom. The van der Waals surface area contributed by atoms with Crippen molar-refractivity contribution in [2.75, 3.05) is 18.6 Å². The van der Waals surface area contributed by atoms with E-state index in [0.717, 1.165) is 22.6 Å². The first kappa shape index (κ1) is 23.1. The number of amides is 1. The SMILES string of the molecule is CCCS(=O)(=O)c1ccc(/C=C(\C)C(=O)NC2=NC(c3ccc(OC)cc3)CS2)cc1. The summed E-state index contributed by atoms with van der Waals surface area (Å²) in [5.74, 6) is 1.45. The van der Waals surface area contributed by atoms with Crippen molar-refractivity contribution in [3.05, 3.63) is 65.2 Å². The van der Waals surface area contributed by atoms with Gasteiger partial charge >= 0.3 is 0 Å². The van der Waals surface area contributed by atoms with E-state index < -0.39 is 9.84 Å². The first-order valence-electron chi connectivity index (χ1n) is 9.99. The minimum absolute atomic E-state index is 0.00638. The maximum absolute atomic E-state index is 12.6. The molecule has 0 aliphatic carbocycles. The molecule has 1 unspecified atom stereocenters. The van der Waals surface area contributed by atoms with Crippen LogP contribution < -0.4 is 10.1 Å². The highest BCUT2D eigenvalue weighted by atomic mass is 32.2. The van der Waals surface area contributed by atoms with Crippen LogP contribution in [0.4, 0.5) is 0 Å². The van der Waals surface area contributed by atoms with E-state index in [1.165, 1.54) is 11.8 Å². The van der Waals surface area contributed by atoms with Crippen molar-refractivity contribution in [1.82, 2.24) is 5.32 Å². The normalized spacial score (nSPS) is 16.7. The van der Waals surface area contributed by atoms with Gasteiger partial charge in [-0.1, -0.05) is 43.0 Å². The Bertz CT molecular complexity index is 1090. The number of thioether (sulfide) groups is 1. The molecule has 0 aromatic heterocycles. The number of benzene rings is 2. The van der Waals surface area contributed by atoms with Crippen LogP contribution in [-0.2, 0) is 14.6 Å². The molecule has 3 rings (SSSR count). The predicted molar refractivity (Wildman–Crippen MR) is 126 cm³/mol. The first-order chi connectivity index (χ1) is 14.8. The summed E-state index contributed by atoms with van der Waals surface area (Å²) in [5.41, 5.74) is 2.35. The summed E-state index contributed by atoms with van der Waals surface area (Å²) in [7, 11) is -1.62. The summed E-state index contributed by atoms with van der Waals surface area (Å²) in [6, 6.07) is 14.3. The van der Waals surface area contributed by atoms with E-state index in [4.69, 9.17) is 4.74 Å². The Morgan fingerprint density at radius 1 is 1.19 bits per heavy atom. The minimum Gasteiger partial charge on any atom is -0.497 e. The zero-order chi connectivity index (χ0) is 22.4. The van der Waals surface area contributed by atoms with E-state index in [2.05, 4.69) is 10.3 Å². The molecule has 1 amide bonds. The highest BCUT2D eigenvalue weighted by Gasteiger charge is 2.22. The number of methoxy groups -OCH3 is 1. The number of aliphatic imine (C=N–C) groups is 1. The fourth-order valence-corrected chi connectivity index (χ4v) is 5.38. The molecule has 1 atom stereocenters. The highest BCUT2D eigenvalue weighted by molar-refractivity contribution is 8.14.